The summed E-state index contributed by atoms with van der Waals surface area (Å²) in [4.78, 5) is 21.3. The number of hydrogen-bond acceptors (Lipinski definition) is 3. The van der Waals surface area contributed by atoms with Gasteiger partial charge < -0.3 is 4.74 Å². The maximum absolute atomic E-state index is 10.7. The molecule has 0 aliphatic carbocycles. The van der Waals surface area contributed by atoms with Gasteiger partial charge >= 0.3 is 11.9 Å². The molecule has 4 heteroatoms. The van der Waals surface area contributed by atoms with E-state index in [1.807, 2.05) is 6.92 Å². The molecule has 0 N–H and O–H groups in total. The molecule has 0 spiro atoms. The molecule has 0 radical (unpaired) electrons. The van der Waals surface area contributed by atoms with Gasteiger partial charge in [0.1, 0.15) is 5.38 Å². The van der Waals surface area contributed by atoms with Crippen LogP contribution in [0.3, 0.4) is 0 Å². The highest BCUT2D eigenvalue weighted by atomic mass is 35.5. The van der Waals surface area contributed by atoms with Crippen molar-refractivity contribution in [1.29, 1.82) is 0 Å². The molecule has 0 aliphatic heterocycles. The number of hydrogen-bond donors (Lipinski definition) is 0. The lowest BCUT2D eigenvalue weighted by molar-refractivity contribution is -0.159. The van der Waals surface area contributed by atoms with Crippen LogP contribution in [0, 0.1) is 0 Å². The first kappa shape index (κ1) is 10.4. The maximum atomic E-state index is 10.7. The standard InChI is InChI=1S/C7H11ClO3/c1-3-4-6(9)11-7(10)5(2)8/h5H,3-4H2,1-2H3. The van der Waals surface area contributed by atoms with Crippen molar-refractivity contribution in [2.75, 3.05) is 0 Å². The van der Waals surface area contributed by atoms with E-state index in [-0.39, 0.29) is 6.42 Å². The Morgan fingerprint density at radius 3 is 2.45 bits per heavy atom. The topological polar surface area (TPSA) is 43.4 Å². The van der Waals surface area contributed by atoms with Crippen LogP contribution in [-0.2, 0) is 14.3 Å². The molecule has 0 fully saturated rings. The fourth-order valence-corrected chi connectivity index (χ4v) is 0.493. The number of carbonyl (C=O) groups is 2. The van der Waals surface area contributed by atoms with Gasteiger partial charge in [0.2, 0.25) is 0 Å². The lowest BCUT2D eigenvalue weighted by atomic mass is 10.3. The van der Waals surface area contributed by atoms with Crippen molar-refractivity contribution in [3.8, 4) is 0 Å². The average Bonchev–Trinajstić information content (AvgIpc) is 1.87. The molecule has 0 heterocycles. The highest BCUT2D eigenvalue weighted by molar-refractivity contribution is 6.30. The summed E-state index contributed by atoms with van der Waals surface area (Å²) in [6.45, 7) is 3.29. The van der Waals surface area contributed by atoms with Crippen LogP contribution in [0.5, 0.6) is 0 Å². The molecule has 0 amide bonds. The molecule has 0 aromatic carbocycles. The predicted octanol–water partition coefficient (Wildman–Crippen LogP) is 1.48. The Kier molecular flexibility index (Phi) is 4.86. The Balaban J connectivity index is 3.67. The van der Waals surface area contributed by atoms with Gasteiger partial charge in [-0.05, 0) is 13.3 Å². The fraction of sp³-hybridized carbons (Fsp3) is 0.714. The van der Waals surface area contributed by atoms with E-state index in [0.717, 1.165) is 0 Å². The van der Waals surface area contributed by atoms with Crippen molar-refractivity contribution in [3.05, 3.63) is 0 Å². The highest BCUT2D eigenvalue weighted by Gasteiger charge is 2.14. The maximum Gasteiger partial charge on any atom is 0.331 e. The first-order valence-electron chi connectivity index (χ1n) is 3.46. The number of ether oxygens (including phenoxy) is 1. The van der Waals surface area contributed by atoms with Crippen molar-refractivity contribution >= 4 is 23.5 Å². The average molecular weight is 179 g/mol. The smallest absolute Gasteiger partial charge is 0.331 e. The Hall–Kier alpha value is -0.570. The molecular weight excluding hydrogens is 168 g/mol. The zero-order chi connectivity index (χ0) is 8.85. The zero-order valence-corrected chi connectivity index (χ0v) is 7.35. The van der Waals surface area contributed by atoms with Gasteiger partial charge in [-0.25, -0.2) is 4.79 Å². The van der Waals surface area contributed by atoms with E-state index in [2.05, 4.69) is 4.74 Å². The molecule has 3 nitrogen and oxygen atoms in total. The summed E-state index contributed by atoms with van der Waals surface area (Å²) < 4.78 is 4.34. The van der Waals surface area contributed by atoms with E-state index in [0.29, 0.717) is 6.42 Å². The zero-order valence-electron chi connectivity index (χ0n) is 6.59. The molecule has 0 rings (SSSR count). The Bertz CT molecular complexity index is 154. The summed E-state index contributed by atoms with van der Waals surface area (Å²) in [5.74, 6) is -1.19. The van der Waals surface area contributed by atoms with Crippen molar-refractivity contribution in [1.82, 2.24) is 0 Å². The van der Waals surface area contributed by atoms with Crippen LogP contribution in [-0.4, -0.2) is 17.3 Å². The molecule has 0 bridgehead atoms. The van der Waals surface area contributed by atoms with E-state index in [4.69, 9.17) is 11.6 Å². The molecule has 0 saturated carbocycles. The molecular formula is C7H11ClO3. The molecule has 64 valence electrons. The summed E-state index contributed by atoms with van der Waals surface area (Å²) >= 11 is 5.35. The van der Waals surface area contributed by atoms with E-state index >= 15 is 0 Å². The molecule has 0 aromatic rings. The third-order valence-corrected chi connectivity index (χ3v) is 1.17. The van der Waals surface area contributed by atoms with Crippen molar-refractivity contribution < 1.29 is 14.3 Å². The molecule has 0 saturated heterocycles. The van der Waals surface area contributed by atoms with Gasteiger partial charge in [0.15, 0.2) is 0 Å². The van der Waals surface area contributed by atoms with Crippen LogP contribution in [0.15, 0.2) is 0 Å². The van der Waals surface area contributed by atoms with E-state index < -0.39 is 17.3 Å². The summed E-state index contributed by atoms with van der Waals surface area (Å²) in [5.41, 5.74) is 0. The minimum absolute atomic E-state index is 0.259. The number of rotatable bonds is 3. The van der Waals surface area contributed by atoms with Gasteiger partial charge in [0.25, 0.3) is 0 Å². The summed E-state index contributed by atoms with van der Waals surface area (Å²) in [6.07, 6.45) is 0.929. The molecule has 1 atom stereocenters. The van der Waals surface area contributed by atoms with Crippen LogP contribution < -0.4 is 0 Å². The molecule has 11 heavy (non-hydrogen) atoms. The van der Waals surface area contributed by atoms with Crippen LogP contribution in [0.2, 0.25) is 0 Å². The van der Waals surface area contributed by atoms with Gasteiger partial charge in [-0.1, -0.05) is 6.92 Å². The number of halogens is 1. The van der Waals surface area contributed by atoms with Crippen molar-refractivity contribution in [3.63, 3.8) is 0 Å². The summed E-state index contributed by atoms with van der Waals surface area (Å²) in [6, 6.07) is 0. The van der Waals surface area contributed by atoms with Gasteiger partial charge in [-0.3, -0.25) is 4.79 Å². The minimum atomic E-state index is -0.754. The van der Waals surface area contributed by atoms with E-state index in [1.165, 1.54) is 6.92 Å². The lowest BCUT2D eigenvalue weighted by Crippen LogP contribution is -2.18. The lowest BCUT2D eigenvalue weighted by Gasteiger charge is -2.01. The normalized spacial score (nSPS) is 12.3. The number of alkyl halides is 1. The first-order chi connectivity index (χ1) is 5.07. The second-order valence-electron chi connectivity index (χ2n) is 2.16. The first-order valence-corrected chi connectivity index (χ1v) is 3.90. The van der Waals surface area contributed by atoms with Gasteiger partial charge in [0, 0.05) is 6.42 Å². The molecule has 1 unspecified atom stereocenters. The highest BCUT2D eigenvalue weighted by Crippen LogP contribution is 1.99. The Morgan fingerprint density at radius 1 is 1.55 bits per heavy atom. The number of esters is 2. The van der Waals surface area contributed by atoms with Crippen LogP contribution in [0.4, 0.5) is 0 Å². The van der Waals surface area contributed by atoms with E-state index in [9.17, 15) is 9.59 Å². The van der Waals surface area contributed by atoms with Crippen LogP contribution >= 0.6 is 11.6 Å². The van der Waals surface area contributed by atoms with Crippen LogP contribution in [0.25, 0.3) is 0 Å². The predicted molar refractivity (Wildman–Crippen MR) is 41.3 cm³/mol. The van der Waals surface area contributed by atoms with Crippen molar-refractivity contribution in [2.24, 2.45) is 0 Å². The third kappa shape index (κ3) is 4.79. The van der Waals surface area contributed by atoms with Crippen LogP contribution in [0.1, 0.15) is 26.7 Å². The molecule has 0 aliphatic rings. The quantitative estimate of drug-likeness (QED) is 0.374. The molecule has 0 aromatic heterocycles. The SMILES string of the molecule is CCCC(=O)OC(=O)C(C)Cl. The third-order valence-electron chi connectivity index (χ3n) is 0.993. The monoisotopic (exact) mass is 178 g/mol. The summed E-state index contributed by atoms with van der Waals surface area (Å²) in [5, 5.41) is -0.754. The minimum Gasteiger partial charge on any atom is -0.392 e. The second kappa shape index (κ2) is 5.13. The van der Waals surface area contributed by atoms with Crippen molar-refractivity contribution in [2.45, 2.75) is 32.1 Å². The van der Waals surface area contributed by atoms with E-state index in [1.54, 1.807) is 0 Å². The van der Waals surface area contributed by atoms with Gasteiger partial charge in [-0.15, -0.1) is 11.6 Å². The summed E-state index contributed by atoms with van der Waals surface area (Å²) in [7, 11) is 0. The largest absolute Gasteiger partial charge is 0.392 e. The Morgan fingerprint density at radius 2 is 2.09 bits per heavy atom. The second-order valence-corrected chi connectivity index (χ2v) is 2.81. The number of carbonyl (C=O) groups excluding carboxylic acids is 2. The van der Waals surface area contributed by atoms with Gasteiger partial charge in [0.05, 0.1) is 0 Å². The fourth-order valence-electron chi connectivity index (χ4n) is 0.449. The Labute approximate surface area is 70.7 Å². The van der Waals surface area contributed by atoms with Gasteiger partial charge in [-0.2, -0.15) is 0 Å².